The number of hydrogen-bond acceptors (Lipinski definition) is 5. The van der Waals surface area contributed by atoms with Crippen LogP contribution in [0.3, 0.4) is 0 Å². The van der Waals surface area contributed by atoms with Crippen LogP contribution in [0.4, 0.5) is 0 Å². The Bertz CT molecular complexity index is 752. The molecule has 1 aliphatic rings. The molecule has 0 aliphatic carbocycles. The van der Waals surface area contributed by atoms with Gasteiger partial charge in [-0.25, -0.2) is 4.99 Å². The molecule has 0 atom stereocenters. The van der Waals surface area contributed by atoms with Crippen LogP contribution in [-0.2, 0) is 11.2 Å². The third kappa shape index (κ3) is 4.38. The second-order valence-corrected chi connectivity index (χ2v) is 5.84. The number of benzene rings is 1. The predicted molar refractivity (Wildman–Crippen MR) is 93.0 cm³/mol. The van der Waals surface area contributed by atoms with Crippen LogP contribution in [0.1, 0.15) is 23.4 Å². The lowest BCUT2D eigenvalue weighted by molar-refractivity contribution is 0.348. The summed E-state index contributed by atoms with van der Waals surface area (Å²) in [6, 6.07) is 7.51. The van der Waals surface area contributed by atoms with Crippen molar-refractivity contribution in [1.29, 1.82) is 0 Å². The minimum Gasteiger partial charge on any atom is -0.488 e. The van der Waals surface area contributed by atoms with E-state index in [0.29, 0.717) is 36.4 Å². The van der Waals surface area contributed by atoms with Gasteiger partial charge in [0.05, 0.1) is 17.3 Å². The van der Waals surface area contributed by atoms with Crippen LogP contribution in [0.15, 0.2) is 45.9 Å². The lowest BCUT2D eigenvalue weighted by Gasteiger charge is -2.08. The van der Waals surface area contributed by atoms with Gasteiger partial charge in [-0.05, 0) is 31.5 Å². The summed E-state index contributed by atoms with van der Waals surface area (Å²) in [6.45, 7) is 3.70. The minimum absolute atomic E-state index is 0.464. The lowest BCUT2D eigenvalue weighted by atomic mass is 10.2. The molecule has 0 saturated heterocycles. The highest BCUT2D eigenvalue weighted by Gasteiger charge is 2.12. The summed E-state index contributed by atoms with van der Waals surface area (Å²) in [5.74, 6) is 2.19. The second-order valence-electron chi connectivity index (χ2n) is 5.44. The number of aryl methyl sites for hydroxylation is 2. The van der Waals surface area contributed by atoms with Crippen LogP contribution in [-0.4, -0.2) is 30.8 Å². The standard InChI is InChI=1S/C18H19ClN2O3/c1-13-11-15(24-21-13)5-3-2-4-9-22-17-7-6-14(12-16(17)19)18-20-8-10-23-18/h2,4,6-7,11-12H,3,5,8-10H2,1H3/b4-2+. The van der Waals surface area contributed by atoms with E-state index in [4.69, 9.17) is 25.6 Å². The quantitative estimate of drug-likeness (QED) is 0.711. The fraction of sp³-hybridized carbons (Fsp3) is 0.333. The van der Waals surface area contributed by atoms with Crippen LogP contribution in [0.5, 0.6) is 5.75 Å². The largest absolute Gasteiger partial charge is 0.488 e. The molecule has 3 rings (SSSR count). The molecule has 1 aromatic carbocycles. The smallest absolute Gasteiger partial charge is 0.216 e. The zero-order valence-electron chi connectivity index (χ0n) is 13.5. The number of halogens is 1. The molecule has 24 heavy (non-hydrogen) atoms. The maximum Gasteiger partial charge on any atom is 0.216 e. The van der Waals surface area contributed by atoms with Gasteiger partial charge in [0.1, 0.15) is 24.7 Å². The molecule has 0 fully saturated rings. The van der Waals surface area contributed by atoms with Gasteiger partial charge < -0.3 is 14.0 Å². The van der Waals surface area contributed by atoms with Crippen molar-refractivity contribution in [3.63, 3.8) is 0 Å². The Morgan fingerprint density at radius 3 is 2.92 bits per heavy atom. The average molecular weight is 347 g/mol. The first kappa shape index (κ1) is 16.6. The number of aliphatic imine (C=N–C) groups is 1. The summed E-state index contributed by atoms with van der Waals surface area (Å²) in [6.07, 6.45) is 5.73. The molecule has 0 N–H and O–H groups in total. The molecule has 1 aliphatic heterocycles. The Balaban J connectivity index is 1.45. The van der Waals surface area contributed by atoms with E-state index >= 15 is 0 Å². The fourth-order valence-electron chi connectivity index (χ4n) is 2.34. The van der Waals surface area contributed by atoms with Crippen molar-refractivity contribution >= 4 is 17.5 Å². The van der Waals surface area contributed by atoms with Gasteiger partial charge in [0, 0.05) is 18.1 Å². The van der Waals surface area contributed by atoms with Gasteiger partial charge in [-0.2, -0.15) is 0 Å². The molecular weight excluding hydrogens is 328 g/mol. The van der Waals surface area contributed by atoms with Crippen molar-refractivity contribution in [2.24, 2.45) is 4.99 Å². The van der Waals surface area contributed by atoms with E-state index in [9.17, 15) is 0 Å². The Kier molecular flexibility index (Phi) is 5.54. The first-order valence-corrected chi connectivity index (χ1v) is 8.27. The van der Waals surface area contributed by atoms with Gasteiger partial charge in [0.25, 0.3) is 0 Å². The number of ether oxygens (including phenoxy) is 2. The van der Waals surface area contributed by atoms with Gasteiger partial charge >= 0.3 is 0 Å². The predicted octanol–water partition coefficient (Wildman–Crippen LogP) is 3.98. The van der Waals surface area contributed by atoms with Crippen LogP contribution in [0, 0.1) is 6.92 Å². The van der Waals surface area contributed by atoms with E-state index in [0.717, 1.165) is 29.9 Å². The lowest BCUT2D eigenvalue weighted by Crippen LogP contribution is -2.02. The van der Waals surface area contributed by atoms with Crippen molar-refractivity contribution < 1.29 is 14.0 Å². The van der Waals surface area contributed by atoms with Gasteiger partial charge in [-0.1, -0.05) is 28.9 Å². The molecular formula is C18H19ClN2O3. The zero-order valence-corrected chi connectivity index (χ0v) is 14.3. The first-order chi connectivity index (χ1) is 11.7. The SMILES string of the molecule is Cc1cc(CC/C=C/COc2ccc(C3=NCCO3)cc2Cl)on1. The molecule has 2 aromatic rings. The Labute approximate surface area is 145 Å². The van der Waals surface area contributed by atoms with E-state index < -0.39 is 0 Å². The number of hydrogen-bond donors (Lipinski definition) is 0. The highest BCUT2D eigenvalue weighted by Crippen LogP contribution is 2.26. The zero-order chi connectivity index (χ0) is 16.8. The number of allylic oxidation sites excluding steroid dienone is 1. The topological polar surface area (TPSA) is 56.9 Å². The molecule has 0 bridgehead atoms. The number of rotatable bonds is 7. The molecule has 5 nitrogen and oxygen atoms in total. The van der Waals surface area contributed by atoms with E-state index in [1.54, 1.807) is 0 Å². The van der Waals surface area contributed by atoms with E-state index in [1.165, 1.54) is 0 Å². The first-order valence-electron chi connectivity index (χ1n) is 7.89. The second kappa shape index (κ2) is 8.02. The van der Waals surface area contributed by atoms with E-state index in [1.807, 2.05) is 37.3 Å². The van der Waals surface area contributed by atoms with Crippen molar-refractivity contribution in [1.82, 2.24) is 5.16 Å². The Morgan fingerprint density at radius 2 is 2.21 bits per heavy atom. The van der Waals surface area contributed by atoms with Crippen LogP contribution in [0.2, 0.25) is 5.02 Å². The molecule has 2 heterocycles. The summed E-state index contributed by atoms with van der Waals surface area (Å²) in [5.41, 5.74) is 1.78. The fourth-order valence-corrected chi connectivity index (χ4v) is 2.58. The van der Waals surface area contributed by atoms with Crippen LogP contribution >= 0.6 is 11.6 Å². The molecule has 0 unspecified atom stereocenters. The average Bonchev–Trinajstić information content (AvgIpc) is 3.23. The highest BCUT2D eigenvalue weighted by molar-refractivity contribution is 6.32. The number of aromatic nitrogens is 1. The third-order valence-electron chi connectivity index (χ3n) is 3.50. The summed E-state index contributed by atoms with van der Waals surface area (Å²) >= 11 is 6.25. The van der Waals surface area contributed by atoms with Gasteiger partial charge in [0.15, 0.2) is 0 Å². The summed E-state index contributed by atoms with van der Waals surface area (Å²) in [5, 5.41) is 4.41. The van der Waals surface area contributed by atoms with E-state index in [2.05, 4.69) is 16.2 Å². The van der Waals surface area contributed by atoms with Crippen molar-refractivity contribution in [3.8, 4) is 5.75 Å². The molecule has 126 valence electrons. The van der Waals surface area contributed by atoms with Crippen molar-refractivity contribution in [2.75, 3.05) is 19.8 Å². The van der Waals surface area contributed by atoms with Crippen LogP contribution in [0.25, 0.3) is 0 Å². The molecule has 0 amide bonds. The van der Waals surface area contributed by atoms with E-state index in [-0.39, 0.29) is 0 Å². The summed E-state index contributed by atoms with van der Waals surface area (Å²) < 4.78 is 16.3. The molecule has 1 aromatic heterocycles. The molecule has 6 heteroatoms. The normalized spacial score (nSPS) is 14.0. The third-order valence-corrected chi connectivity index (χ3v) is 3.80. The summed E-state index contributed by atoms with van der Waals surface area (Å²) in [4.78, 5) is 4.27. The minimum atomic E-state index is 0.464. The van der Waals surface area contributed by atoms with Crippen LogP contribution < -0.4 is 4.74 Å². The summed E-state index contributed by atoms with van der Waals surface area (Å²) in [7, 11) is 0. The molecule has 0 saturated carbocycles. The monoisotopic (exact) mass is 346 g/mol. The number of nitrogens with zero attached hydrogens (tertiary/aromatic N) is 2. The van der Waals surface area contributed by atoms with Gasteiger partial charge in [-0.15, -0.1) is 0 Å². The molecule has 0 spiro atoms. The highest BCUT2D eigenvalue weighted by atomic mass is 35.5. The van der Waals surface area contributed by atoms with Gasteiger partial charge in [-0.3, -0.25) is 0 Å². The van der Waals surface area contributed by atoms with Crippen molar-refractivity contribution in [2.45, 2.75) is 19.8 Å². The Morgan fingerprint density at radius 1 is 1.29 bits per heavy atom. The maximum atomic E-state index is 6.25. The molecule has 0 radical (unpaired) electrons. The Hall–Kier alpha value is -2.27. The van der Waals surface area contributed by atoms with Gasteiger partial charge in [0.2, 0.25) is 5.90 Å². The maximum absolute atomic E-state index is 6.25. The van der Waals surface area contributed by atoms with Crippen molar-refractivity contribution in [3.05, 3.63) is 58.5 Å².